The number of phosphoric acid groups is 1. The van der Waals surface area contributed by atoms with E-state index in [0.717, 1.165) is 0 Å². The average molecular weight is 343 g/mol. The van der Waals surface area contributed by atoms with Gasteiger partial charge in [0, 0.05) is 6.42 Å². The van der Waals surface area contributed by atoms with Gasteiger partial charge in [0.05, 0.1) is 19.0 Å². The van der Waals surface area contributed by atoms with Crippen molar-refractivity contribution < 1.29 is 28.3 Å². The molecule has 124 valence electrons. The average Bonchev–Trinajstić information content (AvgIpc) is 3.16. The molecule has 0 amide bonds. The van der Waals surface area contributed by atoms with E-state index in [1.807, 2.05) is 0 Å². The number of anilines is 1. The summed E-state index contributed by atoms with van der Waals surface area (Å²) in [6.07, 6.45) is 0.00252. The topological polar surface area (TPSA) is 155 Å². The summed E-state index contributed by atoms with van der Waals surface area (Å²) in [5.74, 6) is 0.248. The normalized spacial score (nSPS) is 37.7. The predicted molar refractivity (Wildman–Crippen MR) is 74.9 cm³/mol. The van der Waals surface area contributed by atoms with Crippen LogP contribution in [0.25, 0.3) is 11.2 Å². The lowest BCUT2D eigenvalue weighted by molar-refractivity contribution is -0.0682. The Morgan fingerprint density at radius 1 is 1.39 bits per heavy atom. The quantitative estimate of drug-likeness (QED) is 0.612. The summed E-state index contributed by atoms with van der Waals surface area (Å²) < 4.78 is 28.3. The highest BCUT2D eigenvalue weighted by atomic mass is 31.2. The van der Waals surface area contributed by atoms with Gasteiger partial charge in [-0.25, -0.2) is 19.5 Å². The number of hydrogen-bond acceptors (Lipinski definition) is 9. The number of imidazole rings is 1. The number of ether oxygens (including phenoxy) is 1. The van der Waals surface area contributed by atoms with Crippen molar-refractivity contribution in [2.75, 3.05) is 12.3 Å². The number of nitrogens with zero attached hydrogens (tertiary/aromatic N) is 4. The van der Waals surface area contributed by atoms with Crippen LogP contribution in [0.2, 0.25) is 0 Å². The molecule has 0 bridgehead atoms. The van der Waals surface area contributed by atoms with Crippen LogP contribution in [-0.4, -0.2) is 54.4 Å². The third-order valence-corrected chi connectivity index (χ3v) is 4.88. The summed E-state index contributed by atoms with van der Waals surface area (Å²) in [7, 11) is -4.05. The maximum Gasteiger partial charge on any atom is 0.472 e. The second-order valence-electron chi connectivity index (χ2n) is 5.35. The molecule has 23 heavy (non-hydrogen) atoms. The Balaban J connectivity index is 1.59. The summed E-state index contributed by atoms with van der Waals surface area (Å²) in [4.78, 5) is 21.4. The van der Waals surface area contributed by atoms with Gasteiger partial charge in [-0.15, -0.1) is 0 Å². The van der Waals surface area contributed by atoms with E-state index >= 15 is 0 Å². The molecule has 2 aliphatic rings. The first-order valence-electron chi connectivity index (χ1n) is 6.87. The Morgan fingerprint density at radius 2 is 2.22 bits per heavy atom. The molecule has 0 aliphatic carbocycles. The van der Waals surface area contributed by atoms with Gasteiger partial charge >= 0.3 is 7.82 Å². The van der Waals surface area contributed by atoms with Gasteiger partial charge in [0.2, 0.25) is 0 Å². The molecule has 12 heteroatoms. The van der Waals surface area contributed by atoms with Crippen LogP contribution in [-0.2, 0) is 18.3 Å². The van der Waals surface area contributed by atoms with Crippen molar-refractivity contribution in [3.63, 3.8) is 0 Å². The van der Waals surface area contributed by atoms with Crippen molar-refractivity contribution in [2.24, 2.45) is 0 Å². The minimum Gasteiger partial charge on any atom is -0.390 e. The first kappa shape index (κ1) is 14.9. The summed E-state index contributed by atoms with van der Waals surface area (Å²) in [5, 5.41) is 10.2. The molecule has 2 aliphatic heterocycles. The zero-order valence-corrected chi connectivity index (χ0v) is 12.6. The summed E-state index contributed by atoms with van der Waals surface area (Å²) in [5.41, 5.74) is 6.66. The molecular formula is C11H14N5O6P. The van der Waals surface area contributed by atoms with E-state index < -0.39 is 32.4 Å². The van der Waals surface area contributed by atoms with Crippen molar-refractivity contribution in [1.82, 2.24) is 19.5 Å². The van der Waals surface area contributed by atoms with Crippen LogP contribution in [0.3, 0.4) is 0 Å². The molecular weight excluding hydrogens is 329 g/mol. The highest BCUT2D eigenvalue weighted by molar-refractivity contribution is 7.47. The Morgan fingerprint density at radius 3 is 2.96 bits per heavy atom. The largest absolute Gasteiger partial charge is 0.472 e. The van der Waals surface area contributed by atoms with Gasteiger partial charge in [-0.2, -0.15) is 0 Å². The highest BCUT2D eigenvalue weighted by Gasteiger charge is 2.47. The molecule has 4 N–H and O–H groups in total. The lowest BCUT2D eigenvalue weighted by Crippen LogP contribution is -2.35. The van der Waals surface area contributed by atoms with Gasteiger partial charge < -0.3 is 20.5 Å². The third kappa shape index (κ3) is 2.51. The minimum absolute atomic E-state index is 0.123. The van der Waals surface area contributed by atoms with E-state index in [4.69, 9.17) is 15.0 Å². The molecule has 0 spiro atoms. The molecule has 3 unspecified atom stereocenters. The first-order chi connectivity index (χ1) is 10.9. The number of hydrogen-bond donors (Lipinski definition) is 3. The van der Waals surface area contributed by atoms with Crippen molar-refractivity contribution >= 4 is 24.8 Å². The fourth-order valence-corrected chi connectivity index (χ4v) is 3.74. The van der Waals surface area contributed by atoms with Crippen LogP contribution in [0.15, 0.2) is 12.7 Å². The zero-order chi connectivity index (χ0) is 16.2. The Bertz CT molecular complexity index is 798. The molecule has 0 radical (unpaired) electrons. The fraction of sp³-hybridized carbons (Fsp3) is 0.545. The predicted octanol–water partition coefficient (Wildman–Crippen LogP) is -0.427. The first-order valence-corrected chi connectivity index (χ1v) is 8.36. The molecule has 11 nitrogen and oxygen atoms in total. The fourth-order valence-electron chi connectivity index (χ4n) is 2.82. The Hall–Kier alpha value is -1.62. The second-order valence-corrected chi connectivity index (χ2v) is 6.76. The van der Waals surface area contributed by atoms with Crippen molar-refractivity contribution in [3.05, 3.63) is 12.7 Å². The van der Waals surface area contributed by atoms with Gasteiger partial charge in [0.1, 0.15) is 30.3 Å². The Kier molecular flexibility index (Phi) is 3.38. The molecule has 2 fully saturated rings. The van der Waals surface area contributed by atoms with Crippen molar-refractivity contribution in [1.29, 1.82) is 0 Å². The van der Waals surface area contributed by atoms with E-state index in [1.54, 1.807) is 4.57 Å². The SMILES string of the molecule is Nc1ncnc2c1ncn2[C@H]1CC(O)[C@@H](C2COP(=O)(O)O2)O1. The number of rotatable bonds is 2. The standard InChI is InChI=1S/C11H14N5O6P/c12-10-8-11(14-3-13-10)16(4-15-8)7-1-5(17)9(21-7)6-2-20-23(18,19)22-6/h3-7,9,17H,1-2H2,(H,18,19)(H2,12,13,14)/t5?,6?,7-,9+/m1/s1. The number of phosphoric ester groups is 1. The summed E-state index contributed by atoms with van der Waals surface area (Å²) in [6.45, 7) is -0.123. The molecule has 2 saturated heterocycles. The zero-order valence-electron chi connectivity index (χ0n) is 11.7. The maximum absolute atomic E-state index is 11.3. The van der Waals surface area contributed by atoms with Crippen molar-refractivity contribution in [3.8, 4) is 0 Å². The van der Waals surface area contributed by atoms with Gasteiger partial charge in [-0.3, -0.25) is 13.6 Å². The van der Waals surface area contributed by atoms with Crippen LogP contribution in [0, 0.1) is 0 Å². The monoisotopic (exact) mass is 343 g/mol. The number of fused-ring (bicyclic) bond motifs is 1. The third-order valence-electron chi connectivity index (χ3n) is 3.87. The summed E-state index contributed by atoms with van der Waals surface area (Å²) >= 11 is 0. The molecule has 5 atom stereocenters. The minimum atomic E-state index is -4.05. The van der Waals surface area contributed by atoms with Crippen LogP contribution < -0.4 is 5.73 Å². The summed E-state index contributed by atoms with van der Waals surface area (Å²) in [6, 6.07) is 0. The highest BCUT2D eigenvalue weighted by Crippen LogP contribution is 2.52. The number of aromatic nitrogens is 4. The van der Waals surface area contributed by atoms with E-state index in [9.17, 15) is 14.6 Å². The number of aliphatic hydroxyl groups is 1. The van der Waals surface area contributed by atoms with E-state index in [0.29, 0.717) is 11.2 Å². The molecule has 2 aromatic heterocycles. The van der Waals surface area contributed by atoms with Crippen LogP contribution >= 0.6 is 7.82 Å². The number of aliphatic hydroxyl groups excluding tert-OH is 1. The second kappa shape index (κ2) is 5.20. The van der Waals surface area contributed by atoms with Crippen LogP contribution in [0.1, 0.15) is 12.6 Å². The molecule has 0 saturated carbocycles. The van der Waals surface area contributed by atoms with Gasteiger partial charge in [0.15, 0.2) is 11.5 Å². The lowest BCUT2D eigenvalue weighted by atomic mass is 10.1. The van der Waals surface area contributed by atoms with Gasteiger partial charge in [-0.1, -0.05) is 0 Å². The van der Waals surface area contributed by atoms with E-state index in [2.05, 4.69) is 19.5 Å². The Labute approximate surface area is 129 Å². The molecule has 4 rings (SSSR count). The maximum atomic E-state index is 11.3. The molecule has 4 heterocycles. The van der Waals surface area contributed by atoms with Crippen LogP contribution in [0.5, 0.6) is 0 Å². The lowest BCUT2D eigenvalue weighted by Gasteiger charge is -2.19. The van der Waals surface area contributed by atoms with E-state index in [-0.39, 0.29) is 18.8 Å². The van der Waals surface area contributed by atoms with Gasteiger partial charge in [-0.05, 0) is 0 Å². The smallest absolute Gasteiger partial charge is 0.390 e. The van der Waals surface area contributed by atoms with E-state index in [1.165, 1.54) is 12.7 Å². The molecule has 2 aromatic rings. The van der Waals surface area contributed by atoms with Crippen molar-refractivity contribution in [2.45, 2.75) is 31.0 Å². The number of nitrogens with two attached hydrogens (primary N) is 1. The molecule has 0 aromatic carbocycles. The number of nitrogen functional groups attached to an aromatic ring is 1. The van der Waals surface area contributed by atoms with Crippen LogP contribution in [0.4, 0.5) is 5.82 Å². The van der Waals surface area contributed by atoms with Gasteiger partial charge in [0.25, 0.3) is 0 Å².